The van der Waals surface area contributed by atoms with E-state index in [9.17, 15) is 4.79 Å². The summed E-state index contributed by atoms with van der Waals surface area (Å²) in [5.74, 6) is 4.35. The number of aldehydes is 1. The molecule has 2 aromatic heterocycles. The van der Waals surface area contributed by atoms with E-state index < -0.39 is 0 Å². The summed E-state index contributed by atoms with van der Waals surface area (Å²) in [6.07, 6.45) is 23.5. The van der Waals surface area contributed by atoms with Crippen LogP contribution in [-0.4, -0.2) is 41.4 Å². The van der Waals surface area contributed by atoms with Gasteiger partial charge in [-0.1, -0.05) is 50.3 Å². The standard InChI is InChI=1S/C54H74N6O.2H2/c1-8-50-46(14-10-13-45-34-56-51-16-11-31-55-53(51)37(45)5)35-57-54(59-50)58-47-28-25-42(26-29-47)41-19-17-39(18-20-41)40-21-23-43(24-22-40)44-27-30-49(52(33-44)60(7)9-2)38(6)48(36(3)4)15-12-32-61;;/h25-30,32-35,38-41,43,48,55H,3,8-24,31H2,1-2,4-7H3,(H,57,58,59);2*1H. The Kier molecular flexibility index (Phi) is 15.4. The zero-order valence-corrected chi connectivity index (χ0v) is 38.4. The molecule has 0 amide bonds. The number of aromatic nitrogens is 3. The Morgan fingerprint density at radius 1 is 0.934 bits per heavy atom. The molecule has 3 heterocycles. The Balaban J connectivity index is 0.00000374. The predicted molar refractivity (Wildman–Crippen MR) is 260 cm³/mol. The number of rotatable bonds is 18. The molecule has 2 aliphatic carbocycles. The molecule has 2 fully saturated rings. The second-order valence-electron chi connectivity index (χ2n) is 18.9. The van der Waals surface area contributed by atoms with Gasteiger partial charge in [0.1, 0.15) is 6.29 Å². The number of fused-ring (bicyclic) bond motifs is 1. The second kappa shape index (κ2) is 21.0. The van der Waals surface area contributed by atoms with E-state index in [1.54, 1.807) is 0 Å². The number of hydrogen-bond donors (Lipinski definition) is 2. The predicted octanol–water partition coefficient (Wildman–Crippen LogP) is 13.5. The van der Waals surface area contributed by atoms with Crippen LogP contribution in [0.25, 0.3) is 0 Å². The number of aryl methyl sites for hydroxylation is 4. The first kappa shape index (κ1) is 44.5. The van der Waals surface area contributed by atoms with Gasteiger partial charge < -0.3 is 20.3 Å². The lowest BCUT2D eigenvalue weighted by Gasteiger charge is -2.38. The molecule has 2 aromatic carbocycles. The van der Waals surface area contributed by atoms with Crippen molar-refractivity contribution in [3.8, 4) is 0 Å². The molecule has 3 aliphatic rings. The van der Waals surface area contributed by atoms with Gasteiger partial charge in [0.25, 0.3) is 0 Å². The van der Waals surface area contributed by atoms with Gasteiger partial charge in [-0.25, -0.2) is 9.97 Å². The Morgan fingerprint density at radius 3 is 2.25 bits per heavy atom. The van der Waals surface area contributed by atoms with Gasteiger partial charge >= 0.3 is 0 Å². The van der Waals surface area contributed by atoms with E-state index in [1.807, 2.05) is 6.20 Å². The van der Waals surface area contributed by atoms with Crippen molar-refractivity contribution in [2.75, 3.05) is 35.7 Å². The first-order valence-electron chi connectivity index (χ1n) is 24.0. The number of nitrogens with zero attached hydrogens (tertiary/aromatic N) is 4. The van der Waals surface area contributed by atoms with Gasteiger partial charge in [-0.3, -0.25) is 4.98 Å². The van der Waals surface area contributed by atoms with Gasteiger partial charge in [0.15, 0.2) is 0 Å². The lowest BCUT2D eigenvalue weighted by atomic mass is 9.67. The van der Waals surface area contributed by atoms with Crippen molar-refractivity contribution in [3.05, 3.63) is 112 Å². The highest BCUT2D eigenvalue weighted by atomic mass is 16.1. The average Bonchev–Trinajstić information content (AvgIpc) is 3.30. The Morgan fingerprint density at radius 2 is 1.59 bits per heavy atom. The summed E-state index contributed by atoms with van der Waals surface area (Å²) in [5, 5.41) is 7.08. The van der Waals surface area contributed by atoms with E-state index in [4.69, 9.17) is 15.0 Å². The first-order valence-corrected chi connectivity index (χ1v) is 24.0. The fourth-order valence-corrected chi connectivity index (χ4v) is 11.2. The molecule has 0 bridgehead atoms. The largest absolute Gasteiger partial charge is 0.383 e. The van der Waals surface area contributed by atoms with Crippen LogP contribution in [0.4, 0.5) is 23.0 Å². The highest BCUT2D eigenvalue weighted by Crippen LogP contribution is 2.47. The third kappa shape index (κ3) is 10.8. The van der Waals surface area contributed by atoms with E-state index in [0.29, 0.717) is 36.0 Å². The minimum atomic E-state index is 0. The minimum Gasteiger partial charge on any atom is -0.383 e. The molecular weight excluding hydrogens is 749 g/mol. The number of allylic oxidation sites excluding steroid dienone is 1. The summed E-state index contributed by atoms with van der Waals surface area (Å²) in [7, 11) is 2.22. The van der Waals surface area contributed by atoms with Crippen molar-refractivity contribution >= 4 is 29.3 Å². The normalized spacial score (nSPS) is 21.1. The van der Waals surface area contributed by atoms with E-state index in [1.165, 1.54) is 114 Å². The fourth-order valence-electron chi connectivity index (χ4n) is 11.2. The molecule has 4 aromatic rings. The van der Waals surface area contributed by atoms with E-state index >= 15 is 0 Å². The minimum absolute atomic E-state index is 0. The smallest absolute Gasteiger partial charge is 0.227 e. The van der Waals surface area contributed by atoms with Crippen molar-refractivity contribution in [2.24, 2.45) is 17.8 Å². The third-order valence-electron chi connectivity index (χ3n) is 15.2. The van der Waals surface area contributed by atoms with Crippen LogP contribution in [0, 0.1) is 24.7 Å². The highest BCUT2D eigenvalue weighted by Gasteiger charge is 2.32. The van der Waals surface area contributed by atoms with Crippen LogP contribution in [0.2, 0.25) is 0 Å². The van der Waals surface area contributed by atoms with Crippen LogP contribution in [0.3, 0.4) is 0 Å². The van der Waals surface area contributed by atoms with Crippen LogP contribution in [0.5, 0.6) is 0 Å². The number of nitrogens with one attached hydrogen (secondary N) is 2. The van der Waals surface area contributed by atoms with Crippen LogP contribution < -0.4 is 15.5 Å². The summed E-state index contributed by atoms with van der Waals surface area (Å²) >= 11 is 0. The summed E-state index contributed by atoms with van der Waals surface area (Å²) in [6.45, 7) is 17.5. The van der Waals surface area contributed by atoms with Gasteiger partial charge in [-0.05, 0) is 204 Å². The first-order chi connectivity index (χ1) is 29.7. The molecule has 0 radical (unpaired) electrons. The molecule has 7 heteroatoms. The molecule has 0 spiro atoms. The van der Waals surface area contributed by atoms with E-state index in [-0.39, 0.29) is 2.85 Å². The maximum Gasteiger partial charge on any atom is 0.227 e. The van der Waals surface area contributed by atoms with E-state index in [2.05, 4.69) is 112 Å². The maximum atomic E-state index is 11.2. The fraction of sp³-hybridized carbons (Fsp3) is 0.556. The van der Waals surface area contributed by atoms with Gasteiger partial charge in [-0.15, -0.1) is 0 Å². The van der Waals surface area contributed by atoms with Crippen LogP contribution >= 0.6 is 0 Å². The van der Waals surface area contributed by atoms with Gasteiger partial charge in [0, 0.05) is 58.9 Å². The highest BCUT2D eigenvalue weighted by molar-refractivity contribution is 5.59. The Labute approximate surface area is 371 Å². The number of carbonyl (C=O) groups excluding carboxylic acids is 1. The number of benzene rings is 2. The third-order valence-corrected chi connectivity index (χ3v) is 15.2. The van der Waals surface area contributed by atoms with Crippen LogP contribution in [-0.2, 0) is 30.5 Å². The zero-order chi connectivity index (χ0) is 42.9. The second-order valence-corrected chi connectivity index (χ2v) is 18.9. The van der Waals surface area contributed by atoms with Crippen molar-refractivity contribution in [1.29, 1.82) is 0 Å². The Hall–Kier alpha value is -4.52. The summed E-state index contributed by atoms with van der Waals surface area (Å²) in [4.78, 5) is 28.1. The molecule has 61 heavy (non-hydrogen) atoms. The molecule has 7 nitrogen and oxygen atoms in total. The lowest BCUT2D eigenvalue weighted by molar-refractivity contribution is -0.108. The number of carbonyl (C=O) groups is 1. The SMILES string of the molecule is C=C(C)C(CCC=O)C(C)c1ccc(C2CCC(C3CCC(c4ccc(Nc5ncc(CCCc6cnc7c(c6C)NCCC7)c(CC)n5)cc4)CC3)CC2)cc1N(C)CC.[HH].[HH]. The van der Waals surface area contributed by atoms with Crippen LogP contribution in [0.1, 0.15) is 170 Å². The number of hydrogen-bond acceptors (Lipinski definition) is 7. The van der Waals surface area contributed by atoms with Crippen molar-refractivity contribution in [3.63, 3.8) is 0 Å². The zero-order valence-electron chi connectivity index (χ0n) is 38.4. The molecule has 2 atom stereocenters. The quantitative estimate of drug-likeness (QED) is 0.0763. The molecule has 0 saturated heterocycles. The summed E-state index contributed by atoms with van der Waals surface area (Å²) < 4.78 is 0. The van der Waals surface area contributed by atoms with Gasteiger partial charge in [0.2, 0.25) is 5.95 Å². The summed E-state index contributed by atoms with van der Waals surface area (Å²) in [5.41, 5.74) is 15.6. The molecular formula is C54H78N6O. The van der Waals surface area contributed by atoms with E-state index in [0.717, 1.165) is 81.1 Å². The van der Waals surface area contributed by atoms with Gasteiger partial charge in [-0.2, -0.15) is 0 Å². The molecule has 2 unspecified atom stereocenters. The topological polar surface area (TPSA) is 83.0 Å². The lowest BCUT2D eigenvalue weighted by Crippen LogP contribution is -2.25. The molecule has 2 saturated carbocycles. The average molecular weight is 827 g/mol. The number of pyridine rings is 1. The molecule has 1 aliphatic heterocycles. The van der Waals surface area contributed by atoms with Gasteiger partial charge in [0.05, 0.1) is 11.4 Å². The van der Waals surface area contributed by atoms with Crippen molar-refractivity contribution in [1.82, 2.24) is 15.0 Å². The van der Waals surface area contributed by atoms with Crippen molar-refractivity contribution < 1.29 is 7.65 Å². The molecule has 7 rings (SSSR count). The summed E-state index contributed by atoms with van der Waals surface area (Å²) in [6, 6.07) is 16.4. The van der Waals surface area contributed by atoms with Crippen LogP contribution in [0.15, 0.2) is 67.0 Å². The monoisotopic (exact) mass is 827 g/mol. The molecule has 330 valence electrons. The molecule has 2 N–H and O–H groups in total. The van der Waals surface area contributed by atoms with Crippen molar-refractivity contribution in [2.45, 2.75) is 155 Å². The number of anilines is 4. The maximum absolute atomic E-state index is 11.2. The Bertz CT molecular complexity index is 2090.